The first-order chi connectivity index (χ1) is 8.19. The summed E-state index contributed by atoms with van der Waals surface area (Å²) in [4.78, 5) is 7.83. The number of nitrogen functional groups attached to an aromatic ring is 1. The zero-order valence-corrected chi connectivity index (χ0v) is 8.68. The van der Waals surface area contributed by atoms with E-state index in [1.54, 1.807) is 6.07 Å². The van der Waals surface area contributed by atoms with Gasteiger partial charge in [-0.1, -0.05) is 0 Å². The molecule has 6 heteroatoms. The van der Waals surface area contributed by atoms with E-state index in [-0.39, 0.29) is 11.4 Å². The number of nitriles is 1. The fourth-order valence-corrected chi connectivity index (χ4v) is 1.28. The average Bonchev–Trinajstić information content (AvgIpc) is 2.32. The van der Waals surface area contributed by atoms with Crippen LogP contribution in [-0.4, -0.2) is 9.97 Å². The Kier molecular flexibility index (Phi) is 2.83. The number of halogens is 1. The maximum atomic E-state index is 13.1. The number of nitrogens with two attached hydrogens (primary N) is 1. The molecule has 2 rings (SSSR count). The molecule has 0 radical (unpaired) electrons. The number of hydrogen-bond donors (Lipinski definition) is 2. The maximum Gasteiger partial charge on any atom is 0.151 e. The van der Waals surface area contributed by atoms with Gasteiger partial charge >= 0.3 is 0 Å². The van der Waals surface area contributed by atoms with Crippen LogP contribution in [0.1, 0.15) is 5.56 Å². The quantitative estimate of drug-likeness (QED) is 0.819. The molecule has 0 saturated heterocycles. The van der Waals surface area contributed by atoms with Crippen molar-refractivity contribution in [1.29, 1.82) is 5.26 Å². The van der Waals surface area contributed by atoms with Gasteiger partial charge in [-0.05, 0) is 18.2 Å². The molecule has 5 nitrogen and oxygen atoms in total. The summed E-state index contributed by atoms with van der Waals surface area (Å²) >= 11 is 0. The van der Waals surface area contributed by atoms with Crippen LogP contribution >= 0.6 is 0 Å². The van der Waals surface area contributed by atoms with Gasteiger partial charge in [-0.15, -0.1) is 0 Å². The van der Waals surface area contributed by atoms with E-state index >= 15 is 0 Å². The summed E-state index contributed by atoms with van der Waals surface area (Å²) in [7, 11) is 0. The van der Waals surface area contributed by atoms with Crippen molar-refractivity contribution in [1.82, 2.24) is 9.97 Å². The van der Waals surface area contributed by atoms with Crippen LogP contribution < -0.4 is 11.1 Å². The molecule has 0 bridgehead atoms. The summed E-state index contributed by atoms with van der Waals surface area (Å²) in [6, 6.07) is 5.86. The Bertz CT molecular complexity index is 591. The second-order valence-electron chi connectivity index (χ2n) is 3.26. The smallest absolute Gasteiger partial charge is 0.151 e. The van der Waals surface area contributed by atoms with E-state index in [1.165, 1.54) is 30.6 Å². The van der Waals surface area contributed by atoms with Crippen LogP contribution in [0.3, 0.4) is 0 Å². The molecule has 0 atom stereocenters. The van der Waals surface area contributed by atoms with Gasteiger partial charge in [0.2, 0.25) is 0 Å². The lowest BCUT2D eigenvalue weighted by molar-refractivity contribution is 0.624. The largest absolute Gasteiger partial charge is 0.382 e. The van der Waals surface area contributed by atoms with Crippen LogP contribution in [-0.2, 0) is 0 Å². The number of nitrogens with one attached hydrogen (secondary N) is 1. The Morgan fingerprint density at radius 3 is 2.88 bits per heavy atom. The first-order valence-electron chi connectivity index (χ1n) is 4.73. The molecule has 0 unspecified atom stereocenters. The van der Waals surface area contributed by atoms with Gasteiger partial charge in [0.05, 0.1) is 18.0 Å². The Morgan fingerprint density at radius 1 is 1.35 bits per heavy atom. The van der Waals surface area contributed by atoms with Crippen molar-refractivity contribution in [3.05, 3.63) is 42.0 Å². The molecule has 0 spiro atoms. The highest BCUT2D eigenvalue weighted by Gasteiger charge is 2.03. The maximum absolute atomic E-state index is 13.1. The highest BCUT2D eigenvalue weighted by molar-refractivity contribution is 5.58. The molecular formula is C11H8FN5. The molecular weight excluding hydrogens is 221 g/mol. The highest BCUT2D eigenvalue weighted by Crippen LogP contribution is 2.17. The third-order valence-electron chi connectivity index (χ3n) is 2.01. The van der Waals surface area contributed by atoms with E-state index < -0.39 is 5.82 Å². The number of nitrogens with zero attached hydrogens (tertiary/aromatic N) is 3. The Balaban J connectivity index is 2.28. The Labute approximate surface area is 96.7 Å². The SMILES string of the molecule is N#Cc1cc(Nc2cncc(N)n2)ccc1F. The minimum absolute atomic E-state index is 0.0353. The summed E-state index contributed by atoms with van der Waals surface area (Å²) in [5.41, 5.74) is 5.98. The van der Waals surface area contributed by atoms with Crippen molar-refractivity contribution in [3.63, 3.8) is 0 Å². The van der Waals surface area contributed by atoms with E-state index in [2.05, 4.69) is 15.3 Å². The minimum Gasteiger partial charge on any atom is -0.382 e. The van der Waals surface area contributed by atoms with Gasteiger partial charge in [0.25, 0.3) is 0 Å². The first-order valence-corrected chi connectivity index (χ1v) is 4.73. The van der Waals surface area contributed by atoms with Crippen LogP contribution in [0.2, 0.25) is 0 Å². The van der Waals surface area contributed by atoms with Gasteiger partial charge < -0.3 is 11.1 Å². The van der Waals surface area contributed by atoms with Gasteiger partial charge in [0.15, 0.2) is 5.82 Å². The average molecular weight is 229 g/mol. The second kappa shape index (κ2) is 4.45. The fourth-order valence-electron chi connectivity index (χ4n) is 1.28. The van der Waals surface area contributed by atoms with E-state index in [0.29, 0.717) is 11.5 Å². The van der Waals surface area contributed by atoms with Crippen LogP contribution in [0.4, 0.5) is 21.7 Å². The highest BCUT2D eigenvalue weighted by atomic mass is 19.1. The van der Waals surface area contributed by atoms with Crippen LogP contribution in [0.5, 0.6) is 0 Å². The lowest BCUT2D eigenvalue weighted by atomic mass is 10.2. The number of anilines is 3. The number of benzene rings is 1. The molecule has 0 aliphatic rings. The Morgan fingerprint density at radius 2 is 2.18 bits per heavy atom. The summed E-state index contributed by atoms with van der Waals surface area (Å²) < 4.78 is 13.1. The summed E-state index contributed by atoms with van der Waals surface area (Å²) in [5.74, 6) is 0.148. The van der Waals surface area contributed by atoms with Crippen LogP contribution in [0.25, 0.3) is 0 Å². The predicted molar refractivity (Wildman–Crippen MR) is 60.8 cm³/mol. The third kappa shape index (κ3) is 2.46. The van der Waals surface area contributed by atoms with Crippen molar-refractivity contribution in [3.8, 4) is 6.07 Å². The molecule has 0 amide bonds. The van der Waals surface area contributed by atoms with Crippen molar-refractivity contribution >= 4 is 17.3 Å². The molecule has 0 aliphatic heterocycles. The van der Waals surface area contributed by atoms with Crippen molar-refractivity contribution in [2.75, 3.05) is 11.1 Å². The second-order valence-corrected chi connectivity index (χ2v) is 3.26. The standard InChI is InChI=1S/C11H8FN5/c12-9-2-1-8(3-7(9)4-13)16-11-6-15-5-10(14)17-11/h1-3,5-6H,(H3,14,16,17). The fraction of sp³-hybridized carbons (Fsp3) is 0. The molecule has 1 aromatic heterocycles. The van der Waals surface area contributed by atoms with Gasteiger partial charge in [-0.25, -0.2) is 9.37 Å². The summed E-state index contributed by atoms with van der Waals surface area (Å²) in [6.45, 7) is 0. The van der Waals surface area contributed by atoms with E-state index in [9.17, 15) is 4.39 Å². The van der Waals surface area contributed by atoms with Gasteiger partial charge in [-0.2, -0.15) is 5.26 Å². The molecule has 0 saturated carbocycles. The monoisotopic (exact) mass is 229 g/mol. The molecule has 1 aromatic carbocycles. The predicted octanol–water partition coefficient (Wildman–Crippen LogP) is 1.81. The van der Waals surface area contributed by atoms with Gasteiger partial charge in [0, 0.05) is 5.69 Å². The van der Waals surface area contributed by atoms with E-state index in [1.807, 2.05) is 0 Å². The van der Waals surface area contributed by atoms with Gasteiger partial charge in [0.1, 0.15) is 17.7 Å². The number of rotatable bonds is 2. The molecule has 17 heavy (non-hydrogen) atoms. The number of hydrogen-bond acceptors (Lipinski definition) is 5. The van der Waals surface area contributed by atoms with Crippen molar-refractivity contribution < 1.29 is 4.39 Å². The molecule has 0 aliphatic carbocycles. The van der Waals surface area contributed by atoms with Crippen LogP contribution in [0, 0.1) is 17.1 Å². The van der Waals surface area contributed by atoms with Gasteiger partial charge in [-0.3, -0.25) is 4.98 Å². The Hall–Kier alpha value is -2.68. The van der Waals surface area contributed by atoms with Crippen LogP contribution in [0.15, 0.2) is 30.6 Å². The van der Waals surface area contributed by atoms with Crippen molar-refractivity contribution in [2.45, 2.75) is 0 Å². The summed E-state index contributed by atoms with van der Waals surface area (Å²) in [6.07, 6.45) is 2.89. The zero-order valence-electron chi connectivity index (χ0n) is 8.68. The van der Waals surface area contributed by atoms with E-state index in [0.717, 1.165) is 0 Å². The zero-order chi connectivity index (χ0) is 12.3. The summed E-state index contributed by atoms with van der Waals surface area (Å²) in [5, 5.41) is 11.6. The molecule has 0 fully saturated rings. The lowest BCUT2D eigenvalue weighted by Gasteiger charge is -2.05. The topological polar surface area (TPSA) is 87.6 Å². The molecule has 1 heterocycles. The lowest BCUT2D eigenvalue weighted by Crippen LogP contribution is -1.98. The molecule has 2 aromatic rings. The first kappa shape index (κ1) is 10.8. The third-order valence-corrected chi connectivity index (χ3v) is 2.01. The normalized spacial score (nSPS) is 9.65. The number of aromatic nitrogens is 2. The van der Waals surface area contributed by atoms with Crippen molar-refractivity contribution in [2.24, 2.45) is 0 Å². The molecule has 84 valence electrons. The minimum atomic E-state index is -0.559. The molecule has 3 N–H and O–H groups in total. The van der Waals surface area contributed by atoms with E-state index in [4.69, 9.17) is 11.0 Å².